The fourth-order valence-corrected chi connectivity index (χ4v) is 2.73. The minimum absolute atomic E-state index is 0.169. The van der Waals surface area contributed by atoms with E-state index in [-0.39, 0.29) is 5.91 Å². The van der Waals surface area contributed by atoms with Crippen molar-refractivity contribution in [1.29, 1.82) is 0 Å². The van der Waals surface area contributed by atoms with Crippen LogP contribution in [-0.4, -0.2) is 5.91 Å². The Kier molecular flexibility index (Phi) is 4.30. The quantitative estimate of drug-likeness (QED) is 0.745. The van der Waals surface area contributed by atoms with Crippen LogP contribution in [0.25, 0.3) is 11.4 Å². The van der Waals surface area contributed by atoms with Gasteiger partial charge in [0.25, 0.3) is 5.91 Å². The maximum absolute atomic E-state index is 12.4. The van der Waals surface area contributed by atoms with Gasteiger partial charge in [-0.1, -0.05) is 47.9 Å². The molecular weight excluding hydrogens is 328 g/mol. The summed E-state index contributed by atoms with van der Waals surface area (Å²) in [6, 6.07) is 20.8. The first kappa shape index (κ1) is 15.8. The Morgan fingerprint density at radius 1 is 1.04 bits per heavy atom. The van der Waals surface area contributed by atoms with Crippen molar-refractivity contribution in [3.05, 3.63) is 95.4 Å². The van der Waals surface area contributed by atoms with Crippen LogP contribution >= 0.6 is 0 Å². The third kappa shape index (κ3) is 3.25. The van der Waals surface area contributed by atoms with Crippen molar-refractivity contribution >= 4 is 17.3 Å². The van der Waals surface area contributed by atoms with E-state index in [2.05, 4.69) is 21.1 Å². The van der Waals surface area contributed by atoms with Crippen LogP contribution in [0.1, 0.15) is 27.2 Å². The Bertz CT molecular complexity index is 976. The number of carbonyl (C=O) groups is 1. The van der Waals surface area contributed by atoms with E-state index in [1.54, 1.807) is 18.4 Å². The molecule has 0 atom stereocenters. The lowest BCUT2D eigenvalue weighted by Gasteiger charge is -2.06. The highest BCUT2D eigenvalue weighted by atomic mass is 16.3. The number of carbonyl (C=O) groups excluding carboxylic acids is 1. The summed E-state index contributed by atoms with van der Waals surface area (Å²) in [7, 11) is 0. The number of benzene rings is 2. The van der Waals surface area contributed by atoms with E-state index < -0.39 is 0 Å². The van der Waals surface area contributed by atoms with Crippen molar-refractivity contribution in [2.75, 3.05) is 0 Å². The van der Waals surface area contributed by atoms with Crippen LogP contribution in [0, 0.1) is 0 Å². The minimum Gasteiger partial charge on any atom is -0.467 e. The van der Waals surface area contributed by atoms with E-state index in [0.717, 1.165) is 22.5 Å². The average molecular weight is 344 g/mol. The fraction of sp³-hybridized carbons (Fsp3) is 0.0500. The molecule has 0 bridgehead atoms. The van der Waals surface area contributed by atoms with Crippen LogP contribution in [0.2, 0.25) is 0 Å². The Balaban J connectivity index is 1.58. The third-order valence-electron chi connectivity index (χ3n) is 4.01. The molecule has 4 rings (SSSR count). The van der Waals surface area contributed by atoms with Gasteiger partial charge in [0, 0.05) is 16.7 Å². The van der Waals surface area contributed by atoms with Crippen molar-refractivity contribution in [1.82, 2.24) is 16.0 Å². The lowest BCUT2D eigenvalue weighted by atomic mass is 10.0. The first-order valence-electron chi connectivity index (χ1n) is 8.19. The Labute approximate surface area is 150 Å². The summed E-state index contributed by atoms with van der Waals surface area (Å²) < 4.78 is 5.23. The molecule has 1 amide bonds. The Hall–Kier alpha value is -3.67. The standard InChI is InChI=1S/C20H16N4O2/c25-20(21-13-17-10-5-11-26-17)16-9-4-8-15(12-16)19-18(22-24-23-19)14-6-2-1-3-7-14/h1-12H,13H2,(H,21,25)(H,22,23)/q+1. The van der Waals surface area contributed by atoms with Gasteiger partial charge in [-0.15, -0.1) is 0 Å². The lowest BCUT2D eigenvalue weighted by Crippen LogP contribution is -2.22. The number of furan rings is 1. The Morgan fingerprint density at radius 3 is 2.69 bits per heavy atom. The number of amides is 1. The van der Waals surface area contributed by atoms with Crippen LogP contribution in [-0.2, 0) is 6.54 Å². The molecule has 127 valence electrons. The highest BCUT2D eigenvalue weighted by Gasteiger charge is 2.25. The van der Waals surface area contributed by atoms with E-state index in [4.69, 9.17) is 4.42 Å². The molecule has 0 fully saturated rings. The lowest BCUT2D eigenvalue weighted by molar-refractivity contribution is 0.0948. The third-order valence-corrected chi connectivity index (χ3v) is 4.01. The number of hydrogen-bond acceptors (Lipinski definition) is 5. The summed E-state index contributed by atoms with van der Waals surface area (Å²) in [6.45, 7) is 0.344. The number of nitrogens with one attached hydrogen (secondary N) is 2. The molecule has 0 unspecified atom stereocenters. The number of hydrogen-bond donors (Lipinski definition) is 2. The summed E-state index contributed by atoms with van der Waals surface area (Å²) in [6.07, 6.45) is 1.58. The monoisotopic (exact) mass is 344 g/mol. The van der Waals surface area contributed by atoms with Gasteiger partial charge in [-0.2, -0.15) is 0 Å². The number of nitrogens with zero attached hydrogens (tertiary/aromatic N) is 2. The molecule has 6 heteroatoms. The second-order valence-corrected chi connectivity index (χ2v) is 5.74. The highest BCUT2D eigenvalue weighted by Crippen LogP contribution is 2.27. The molecule has 6 nitrogen and oxygen atoms in total. The van der Waals surface area contributed by atoms with Crippen LogP contribution in [0.15, 0.2) is 82.5 Å². The molecule has 2 aromatic carbocycles. The maximum Gasteiger partial charge on any atom is 0.331 e. The zero-order valence-corrected chi connectivity index (χ0v) is 13.8. The van der Waals surface area contributed by atoms with Gasteiger partial charge in [-0.3, -0.25) is 4.79 Å². The van der Waals surface area contributed by atoms with Crippen LogP contribution < -0.4 is 16.0 Å². The molecule has 2 heterocycles. The Morgan fingerprint density at radius 2 is 1.88 bits per heavy atom. The van der Waals surface area contributed by atoms with Crippen LogP contribution in [0.5, 0.6) is 0 Å². The van der Waals surface area contributed by atoms with Crippen molar-refractivity contribution < 1.29 is 9.21 Å². The van der Waals surface area contributed by atoms with Gasteiger partial charge in [0.05, 0.1) is 12.8 Å². The first-order chi connectivity index (χ1) is 12.8. The second kappa shape index (κ2) is 7.06. The van der Waals surface area contributed by atoms with E-state index in [1.165, 1.54) is 0 Å². The summed E-state index contributed by atoms with van der Waals surface area (Å²) >= 11 is 0. The van der Waals surface area contributed by atoms with Gasteiger partial charge in [-0.25, -0.2) is 0 Å². The van der Waals surface area contributed by atoms with Crippen LogP contribution in [0.4, 0.5) is 0 Å². The fourth-order valence-electron chi connectivity index (χ4n) is 2.73. The molecule has 1 aliphatic rings. The van der Waals surface area contributed by atoms with E-state index in [1.807, 2.05) is 54.6 Å². The van der Waals surface area contributed by atoms with Gasteiger partial charge in [0.2, 0.25) is 0 Å². The van der Waals surface area contributed by atoms with Gasteiger partial charge in [-0.05, 0) is 24.3 Å². The molecule has 0 saturated heterocycles. The number of rotatable bonds is 5. The molecule has 0 saturated carbocycles. The van der Waals surface area contributed by atoms with E-state index in [9.17, 15) is 4.79 Å². The minimum atomic E-state index is -0.169. The largest absolute Gasteiger partial charge is 0.467 e. The molecule has 2 N–H and O–H groups in total. The highest BCUT2D eigenvalue weighted by molar-refractivity contribution is 5.96. The second-order valence-electron chi connectivity index (χ2n) is 5.74. The summed E-state index contributed by atoms with van der Waals surface area (Å²) in [5.74, 6) is 0.538. The van der Waals surface area contributed by atoms with Gasteiger partial charge >= 0.3 is 5.22 Å². The normalized spacial score (nSPS) is 12.9. The predicted molar refractivity (Wildman–Crippen MR) is 97.3 cm³/mol. The molecular formula is C20H16N4O2+. The van der Waals surface area contributed by atoms with Crippen molar-refractivity contribution in [3.63, 3.8) is 0 Å². The summed E-state index contributed by atoms with van der Waals surface area (Å²) in [4.78, 5) is 12.4. The zero-order valence-electron chi connectivity index (χ0n) is 13.8. The van der Waals surface area contributed by atoms with Gasteiger partial charge in [0.15, 0.2) is 5.70 Å². The SMILES string of the molecule is O=C(NCc1ccco1)c1cccc(C2=C(c3ccccc3)N=[N+]N2)c1. The first-order valence-corrected chi connectivity index (χ1v) is 8.19. The van der Waals surface area contributed by atoms with Crippen molar-refractivity contribution in [3.8, 4) is 0 Å². The molecule has 1 aromatic heterocycles. The van der Waals surface area contributed by atoms with E-state index in [0.29, 0.717) is 17.9 Å². The van der Waals surface area contributed by atoms with Gasteiger partial charge in [0.1, 0.15) is 16.6 Å². The molecule has 1 radical (unpaired) electrons. The maximum atomic E-state index is 12.4. The summed E-state index contributed by atoms with van der Waals surface area (Å²) in [5, 5.41) is 11.0. The molecule has 1 aliphatic heterocycles. The van der Waals surface area contributed by atoms with E-state index >= 15 is 0 Å². The predicted octanol–water partition coefficient (Wildman–Crippen LogP) is 3.34. The van der Waals surface area contributed by atoms with Crippen molar-refractivity contribution in [2.45, 2.75) is 6.54 Å². The molecule has 26 heavy (non-hydrogen) atoms. The molecule has 3 aromatic rings. The smallest absolute Gasteiger partial charge is 0.331 e. The van der Waals surface area contributed by atoms with Gasteiger partial charge < -0.3 is 9.73 Å². The van der Waals surface area contributed by atoms with Crippen LogP contribution in [0.3, 0.4) is 0 Å². The average Bonchev–Trinajstić information content (AvgIpc) is 3.39. The van der Waals surface area contributed by atoms with Crippen molar-refractivity contribution in [2.24, 2.45) is 5.11 Å². The molecule has 0 aliphatic carbocycles. The summed E-state index contributed by atoms with van der Waals surface area (Å²) in [5.41, 5.74) is 6.82. The molecule has 0 spiro atoms. The topological polar surface area (TPSA) is 80.7 Å². The zero-order chi connectivity index (χ0) is 17.8.